The summed E-state index contributed by atoms with van der Waals surface area (Å²) in [6.45, 7) is 8.70. The van der Waals surface area contributed by atoms with Crippen molar-refractivity contribution in [1.82, 2.24) is 0 Å². The summed E-state index contributed by atoms with van der Waals surface area (Å²) in [5.41, 5.74) is 5.71. The first-order chi connectivity index (χ1) is 7.99. The molecule has 0 aliphatic heterocycles. The zero-order valence-corrected chi connectivity index (χ0v) is 11.9. The van der Waals surface area contributed by atoms with Crippen molar-refractivity contribution in [3.63, 3.8) is 0 Å². The van der Waals surface area contributed by atoms with Gasteiger partial charge in [-0.3, -0.25) is 4.79 Å². The topological polar surface area (TPSA) is 52.3 Å². The fourth-order valence-electron chi connectivity index (χ4n) is 1.60. The Morgan fingerprint density at radius 3 is 2.35 bits per heavy atom. The first kappa shape index (κ1) is 16.4. The average Bonchev–Trinajstić information content (AvgIpc) is 2.30. The van der Waals surface area contributed by atoms with Crippen molar-refractivity contribution in [2.75, 3.05) is 6.61 Å². The molecule has 2 atom stereocenters. The fraction of sp³-hybridized carbons (Fsp3) is 0.929. The third-order valence-corrected chi connectivity index (χ3v) is 3.05. The van der Waals surface area contributed by atoms with E-state index in [9.17, 15) is 4.79 Å². The highest BCUT2D eigenvalue weighted by molar-refractivity contribution is 5.75. The molecule has 0 aromatic heterocycles. The molecule has 0 amide bonds. The number of ether oxygens (including phenoxy) is 1. The lowest BCUT2D eigenvalue weighted by molar-refractivity contribution is -0.147. The second kappa shape index (κ2) is 9.46. The van der Waals surface area contributed by atoms with Crippen LogP contribution in [0.4, 0.5) is 0 Å². The van der Waals surface area contributed by atoms with Gasteiger partial charge in [-0.2, -0.15) is 0 Å². The van der Waals surface area contributed by atoms with E-state index in [1.54, 1.807) is 0 Å². The smallest absolute Gasteiger partial charge is 0.323 e. The Morgan fingerprint density at radius 1 is 1.18 bits per heavy atom. The SMILES string of the molecule is CCCCCCC(C)COC(=O)[C@@H](N)C(C)C. The van der Waals surface area contributed by atoms with Gasteiger partial charge in [0.2, 0.25) is 0 Å². The second-order valence-corrected chi connectivity index (χ2v) is 5.35. The second-order valence-electron chi connectivity index (χ2n) is 5.35. The van der Waals surface area contributed by atoms with Gasteiger partial charge in [0.1, 0.15) is 6.04 Å². The highest BCUT2D eigenvalue weighted by atomic mass is 16.5. The molecule has 0 aromatic rings. The molecule has 0 aliphatic carbocycles. The first-order valence-electron chi connectivity index (χ1n) is 6.91. The van der Waals surface area contributed by atoms with E-state index in [4.69, 9.17) is 10.5 Å². The van der Waals surface area contributed by atoms with E-state index in [0.29, 0.717) is 12.5 Å². The number of nitrogens with two attached hydrogens (primary N) is 1. The van der Waals surface area contributed by atoms with Crippen LogP contribution in [-0.4, -0.2) is 18.6 Å². The van der Waals surface area contributed by atoms with Crippen LogP contribution >= 0.6 is 0 Å². The van der Waals surface area contributed by atoms with Gasteiger partial charge in [-0.25, -0.2) is 0 Å². The van der Waals surface area contributed by atoms with Crippen molar-refractivity contribution in [3.8, 4) is 0 Å². The van der Waals surface area contributed by atoms with E-state index < -0.39 is 6.04 Å². The van der Waals surface area contributed by atoms with Crippen LogP contribution in [-0.2, 0) is 9.53 Å². The Morgan fingerprint density at radius 2 is 1.82 bits per heavy atom. The van der Waals surface area contributed by atoms with Gasteiger partial charge in [0, 0.05) is 0 Å². The van der Waals surface area contributed by atoms with E-state index in [1.807, 2.05) is 13.8 Å². The van der Waals surface area contributed by atoms with Crippen LogP contribution in [0.15, 0.2) is 0 Å². The van der Waals surface area contributed by atoms with E-state index in [2.05, 4.69) is 13.8 Å². The van der Waals surface area contributed by atoms with Crippen molar-refractivity contribution in [2.45, 2.75) is 65.8 Å². The quantitative estimate of drug-likeness (QED) is 0.500. The minimum Gasteiger partial charge on any atom is -0.464 e. The summed E-state index contributed by atoms with van der Waals surface area (Å²) in [5, 5.41) is 0. The molecular formula is C14H29NO2. The molecule has 0 bridgehead atoms. The Labute approximate surface area is 106 Å². The van der Waals surface area contributed by atoms with Crippen LogP contribution in [0.3, 0.4) is 0 Å². The highest BCUT2D eigenvalue weighted by Gasteiger charge is 2.19. The number of hydrogen-bond donors (Lipinski definition) is 1. The number of carbonyl (C=O) groups excluding carboxylic acids is 1. The molecular weight excluding hydrogens is 214 g/mol. The summed E-state index contributed by atoms with van der Waals surface area (Å²) in [7, 11) is 0. The molecule has 1 unspecified atom stereocenters. The van der Waals surface area contributed by atoms with Crippen molar-refractivity contribution in [1.29, 1.82) is 0 Å². The monoisotopic (exact) mass is 243 g/mol. The van der Waals surface area contributed by atoms with Gasteiger partial charge >= 0.3 is 5.97 Å². The molecule has 0 aliphatic rings. The van der Waals surface area contributed by atoms with Gasteiger partial charge in [-0.05, 0) is 18.3 Å². The molecule has 2 N–H and O–H groups in total. The Hall–Kier alpha value is -0.570. The van der Waals surface area contributed by atoms with Gasteiger partial charge in [0.25, 0.3) is 0 Å². The molecule has 3 nitrogen and oxygen atoms in total. The lowest BCUT2D eigenvalue weighted by atomic mass is 10.0. The molecule has 0 radical (unpaired) electrons. The number of esters is 1. The molecule has 0 fully saturated rings. The largest absolute Gasteiger partial charge is 0.464 e. The Balaban J connectivity index is 3.62. The molecule has 102 valence electrons. The van der Waals surface area contributed by atoms with Crippen molar-refractivity contribution in [3.05, 3.63) is 0 Å². The van der Waals surface area contributed by atoms with Crippen molar-refractivity contribution >= 4 is 5.97 Å². The molecule has 17 heavy (non-hydrogen) atoms. The maximum Gasteiger partial charge on any atom is 0.323 e. The predicted octanol–water partition coefficient (Wildman–Crippen LogP) is 3.12. The Kier molecular flexibility index (Phi) is 9.14. The zero-order chi connectivity index (χ0) is 13.3. The fourth-order valence-corrected chi connectivity index (χ4v) is 1.60. The number of carbonyl (C=O) groups is 1. The minimum atomic E-state index is -0.484. The lowest BCUT2D eigenvalue weighted by Crippen LogP contribution is -2.37. The van der Waals surface area contributed by atoms with Crippen LogP contribution in [0.5, 0.6) is 0 Å². The molecule has 0 heterocycles. The van der Waals surface area contributed by atoms with Crippen molar-refractivity contribution < 1.29 is 9.53 Å². The molecule has 0 aromatic carbocycles. The zero-order valence-electron chi connectivity index (χ0n) is 11.9. The average molecular weight is 243 g/mol. The number of rotatable bonds is 9. The van der Waals surface area contributed by atoms with Gasteiger partial charge in [0.15, 0.2) is 0 Å². The van der Waals surface area contributed by atoms with Crippen LogP contribution in [0.2, 0.25) is 0 Å². The number of unbranched alkanes of at least 4 members (excludes halogenated alkanes) is 3. The molecule has 0 saturated heterocycles. The van der Waals surface area contributed by atoms with Gasteiger partial charge < -0.3 is 10.5 Å². The summed E-state index contributed by atoms with van der Waals surface area (Å²) in [6.07, 6.45) is 6.19. The summed E-state index contributed by atoms with van der Waals surface area (Å²) < 4.78 is 5.22. The molecule has 0 spiro atoms. The van der Waals surface area contributed by atoms with Crippen LogP contribution < -0.4 is 5.73 Å². The number of hydrogen-bond acceptors (Lipinski definition) is 3. The summed E-state index contributed by atoms with van der Waals surface area (Å²) in [5.74, 6) is 0.318. The normalized spacial score (nSPS) is 14.7. The first-order valence-corrected chi connectivity index (χ1v) is 6.91. The lowest BCUT2D eigenvalue weighted by Gasteiger charge is -2.17. The minimum absolute atomic E-state index is 0.141. The van der Waals surface area contributed by atoms with Gasteiger partial charge in [-0.15, -0.1) is 0 Å². The van der Waals surface area contributed by atoms with Crippen molar-refractivity contribution in [2.24, 2.45) is 17.6 Å². The van der Waals surface area contributed by atoms with Crippen LogP contribution in [0.25, 0.3) is 0 Å². The van der Waals surface area contributed by atoms with E-state index >= 15 is 0 Å². The maximum absolute atomic E-state index is 11.5. The summed E-state index contributed by atoms with van der Waals surface area (Å²) in [4.78, 5) is 11.5. The summed E-state index contributed by atoms with van der Waals surface area (Å²) in [6, 6.07) is -0.484. The highest BCUT2D eigenvalue weighted by Crippen LogP contribution is 2.11. The third kappa shape index (κ3) is 8.19. The Bertz CT molecular complexity index is 204. The summed E-state index contributed by atoms with van der Waals surface area (Å²) >= 11 is 0. The van der Waals surface area contributed by atoms with Gasteiger partial charge in [0.05, 0.1) is 6.61 Å². The van der Waals surface area contributed by atoms with Gasteiger partial charge in [-0.1, -0.05) is 53.4 Å². The standard InChI is InChI=1S/C14H29NO2/c1-5-6-7-8-9-12(4)10-17-14(16)13(15)11(2)3/h11-13H,5-10,15H2,1-4H3/t12?,13-/m0/s1. The van der Waals surface area contributed by atoms with Crippen LogP contribution in [0, 0.1) is 11.8 Å². The maximum atomic E-state index is 11.5. The van der Waals surface area contributed by atoms with E-state index in [0.717, 1.165) is 6.42 Å². The molecule has 3 heteroatoms. The van der Waals surface area contributed by atoms with E-state index in [-0.39, 0.29) is 11.9 Å². The molecule has 0 rings (SSSR count). The predicted molar refractivity (Wildman–Crippen MR) is 71.7 cm³/mol. The van der Waals surface area contributed by atoms with E-state index in [1.165, 1.54) is 25.7 Å². The third-order valence-electron chi connectivity index (χ3n) is 3.05. The molecule has 0 saturated carbocycles. The van der Waals surface area contributed by atoms with Crippen LogP contribution in [0.1, 0.15) is 59.8 Å².